The van der Waals surface area contributed by atoms with Gasteiger partial charge in [-0.1, -0.05) is 22.4 Å². The van der Waals surface area contributed by atoms with E-state index in [0.29, 0.717) is 0 Å². The highest BCUT2D eigenvalue weighted by Crippen LogP contribution is 2.21. The predicted molar refractivity (Wildman–Crippen MR) is 77.8 cm³/mol. The predicted octanol–water partition coefficient (Wildman–Crippen LogP) is 2.97. The molecule has 0 spiro atoms. The zero-order chi connectivity index (χ0) is 12.1. The van der Waals surface area contributed by atoms with Crippen molar-refractivity contribution in [3.63, 3.8) is 0 Å². The Hall–Kier alpha value is 0.400. The SMILES string of the molecule is CN1CCCCC1CCN1CCCC(CBr)C1. The third-order valence-electron chi connectivity index (χ3n) is 4.52. The fourth-order valence-electron chi connectivity index (χ4n) is 3.32. The van der Waals surface area contributed by atoms with E-state index in [0.717, 1.165) is 12.0 Å². The van der Waals surface area contributed by atoms with Gasteiger partial charge in [0.1, 0.15) is 0 Å². The van der Waals surface area contributed by atoms with Gasteiger partial charge in [-0.25, -0.2) is 0 Å². The van der Waals surface area contributed by atoms with Crippen molar-refractivity contribution in [2.24, 2.45) is 5.92 Å². The summed E-state index contributed by atoms with van der Waals surface area (Å²) in [5.41, 5.74) is 0. The van der Waals surface area contributed by atoms with Crippen LogP contribution in [0.3, 0.4) is 0 Å². The molecule has 0 aromatic rings. The Kier molecular flexibility index (Phi) is 5.78. The maximum Gasteiger partial charge on any atom is 0.0104 e. The number of piperidine rings is 2. The first-order chi connectivity index (χ1) is 8.29. The average molecular weight is 303 g/mol. The fraction of sp³-hybridized carbons (Fsp3) is 1.00. The van der Waals surface area contributed by atoms with Crippen LogP contribution in [0.15, 0.2) is 0 Å². The molecule has 2 unspecified atom stereocenters. The summed E-state index contributed by atoms with van der Waals surface area (Å²) >= 11 is 3.64. The molecule has 17 heavy (non-hydrogen) atoms. The minimum absolute atomic E-state index is 0.855. The first-order valence-electron chi connectivity index (χ1n) is 7.28. The molecule has 2 nitrogen and oxygen atoms in total. The molecule has 0 aromatic heterocycles. The minimum Gasteiger partial charge on any atom is -0.303 e. The van der Waals surface area contributed by atoms with Crippen molar-refractivity contribution in [3.05, 3.63) is 0 Å². The van der Waals surface area contributed by atoms with Gasteiger partial charge in [0, 0.05) is 17.9 Å². The monoisotopic (exact) mass is 302 g/mol. The third-order valence-corrected chi connectivity index (χ3v) is 5.44. The molecule has 0 amide bonds. The second-order valence-corrected chi connectivity index (χ2v) is 6.53. The molecule has 2 aliphatic heterocycles. The number of likely N-dealkylation sites (tertiary alicyclic amines) is 2. The van der Waals surface area contributed by atoms with E-state index in [1.54, 1.807) is 0 Å². The molecular weight excluding hydrogens is 276 g/mol. The first kappa shape index (κ1) is 13.8. The summed E-state index contributed by atoms with van der Waals surface area (Å²) in [5.74, 6) is 0.896. The molecule has 0 bridgehead atoms. The lowest BCUT2D eigenvalue weighted by Gasteiger charge is -2.36. The number of hydrogen-bond acceptors (Lipinski definition) is 2. The van der Waals surface area contributed by atoms with Gasteiger partial charge in [-0.15, -0.1) is 0 Å². The maximum absolute atomic E-state index is 3.64. The second kappa shape index (κ2) is 7.10. The van der Waals surface area contributed by atoms with Gasteiger partial charge in [-0.3, -0.25) is 0 Å². The van der Waals surface area contributed by atoms with E-state index in [2.05, 4.69) is 32.8 Å². The quantitative estimate of drug-likeness (QED) is 0.737. The van der Waals surface area contributed by atoms with E-state index in [4.69, 9.17) is 0 Å². The van der Waals surface area contributed by atoms with E-state index in [1.807, 2.05) is 0 Å². The largest absolute Gasteiger partial charge is 0.303 e. The smallest absolute Gasteiger partial charge is 0.0104 e. The summed E-state index contributed by atoms with van der Waals surface area (Å²) in [6.45, 7) is 5.29. The molecule has 2 heterocycles. The Bertz CT molecular complexity index is 222. The first-order valence-corrected chi connectivity index (χ1v) is 8.40. The van der Waals surface area contributed by atoms with Crippen LogP contribution in [0.5, 0.6) is 0 Å². The average Bonchev–Trinajstić information content (AvgIpc) is 2.38. The molecule has 0 aliphatic carbocycles. The van der Waals surface area contributed by atoms with Crippen molar-refractivity contribution in [2.45, 2.75) is 44.6 Å². The molecular formula is C14H27BrN2. The molecule has 3 heteroatoms. The Morgan fingerprint density at radius 2 is 2.00 bits per heavy atom. The Morgan fingerprint density at radius 3 is 2.76 bits per heavy atom. The number of hydrogen-bond donors (Lipinski definition) is 0. The molecule has 0 aromatic carbocycles. The fourth-order valence-corrected chi connectivity index (χ4v) is 3.85. The molecule has 0 radical (unpaired) electrons. The zero-order valence-corrected chi connectivity index (χ0v) is 12.8. The lowest BCUT2D eigenvalue weighted by atomic mass is 9.97. The molecule has 0 saturated carbocycles. The van der Waals surface area contributed by atoms with Gasteiger partial charge in [-0.2, -0.15) is 0 Å². The topological polar surface area (TPSA) is 6.48 Å². The normalized spacial score (nSPS) is 32.8. The number of alkyl halides is 1. The lowest BCUT2D eigenvalue weighted by molar-refractivity contribution is 0.133. The van der Waals surface area contributed by atoms with Gasteiger partial charge >= 0.3 is 0 Å². The van der Waals surface area contributed by atoms with Crippen molar-refractivity contribution in [2.75, 3.05) is 38.6 Å². The molecule has 2 atom stereocenters. The highest BCUT2D eigenvalue weighted by Gasteiger charge is 2.22. The maximum atomic E-state index is 3.64. The molecule has 0 N–H and O–H groups in total. The zero-order valence-electron chi connectivity index (χ0n) is 11.2. The van der Waals surface area contributed by atoms with E-state index in [1.165, 1.54) is 70.0 Å². The van der Waals surface area contributed by atoms with Crippen LogP contribution in [0.25, 0.3) is 0 Å². The van der Waals surface area contributed by atoms with Crippen LogP contribution in [0.1, 0.15) is 38.5 Å². The van der Waals surface area contributed by atoms with Gasteiger partial charge in [0.2, 0.25) is 0 Å². The summed E-state index contributed by atoms with van der Waals surface area (Å²) in [4.78, 5) is 5.27. The highest BCUT2D eigenvalue weighted by molar-refractivity contribution is 9.09. The van der Waals surface area contributed by atoms with E-state index in [-0.39, 0.29) is 0 Å². The van der Waals surface area contributed by atoms with Crippen molar-refractivity contribution in [1.29, 1.82) is 0 Å². The Balaban J connectivity index is 1.69. The van der Waals surface area contributed by atoms with Gasteiger partial charge in [-0.05, 0) is 64.7 Å². The molecule has 2 rings (SSSR count). The molecule has 2 aliphatic rings. The summed E-state index contributed by atoms with van der Waals surface area (Å²) in [6, 6.07) is 0.855. The summed E-state index contributed by atoms with van der Waals surface area (Å²) < 4.78 is 0. The standard InChI is InChI=1S/C14H27BrN2/c1-16-8-3-2-6-14(16)7-10-17-9-4-5-13(11-15)12-17/h13-14H,2-12H2,1H3. The third kappa shape index (κ3) is 4.22. The summed E-state index contributed by atoms with van der Waals surface area (Å²) in [5, 5.41) is 1.19. The molecule has 2 saturated heterocycles. The van der Waals surface area contributed by atoms with Crippen LogP contribution < -0.4 is 0 Å². The summed E-state index contributed by atoms with van der Waals surface area (Å²) in [7, 11) is 2.31. The Labute approximate surface area is 115 Å². The number of rotatable bonds is 4. The van der Waals surface area contributed by atoms with E-state index in [9.17, 15) is 0 Å². The van der Waals surface area contributed by atoms with Crippen LogP contribution in [0.4, 0.5) is 0 Å². The lowest BCUT2D eigenvalue weighted by Crippen LogP contribution is -2.41. The number of nitrogens with zero attached hydrogens (tertiary/aromatic N) is 2. The molecule has 100 valence electrons. The van der Waals surface area contributed by atoms with Gasteiger partial charge in [0.05, 0.1) is 0 Å². The van der Waals surface area contributed by atoms with Gasteiger partial charge < -0.3 is 9.80 Å². The summed E-state index contributed by atoms with van der Waals surface area (Å²) in [6.07, 6.45) is 8.47. The second-order valence-electron chi connectivity index (χ2n) is 5.88. The minimum atomic E-state index is 0.855. The van der Waals surface area contributed by atoms with Crippen molar-refractivity contribution >= 4 is 15.9 Å². The van der Waals surface area contributed by atoms with Crippen LogP contribution in [-0.2, 0) is 0 Å². The van der Waals surface area contributed by atoms with Crippen molar-refractivity contribution < 1.29 is 0 Å². The van der Waals surface area contributed by atoms with Crippen LogP contribution in [0, 0.1) is 5.92 Å². The Morgan fingerprint density at radius 1 is 1.12 bits per heavy atom. The van der Waals surface area contributed by atoms with Gasteiger partial charge in [0.25, 0.3) is 0 Å². The van der Waals surface area contributed by atoms with Crippen molar-refractivity contribution in [3.8, 4) is 0 Å². The van der Waals surface area contributed by atoms with Crippen LogP contribution >= 0.6 is 15.9 Å². The van der Waals surface area contributed by atoms with E-state index < -0.39 is 0 Å². The van der Waals surface area contributed by atoms with Crippen LogP contribution in [-0.4, -0.2) is 54.4 Å². The van der Waals surface area contributed by atoms with Crippen LogP contribution in [0.2, 0.25) is 0 Å². The highest BCUT2D eigenvalue weighted by atomic mass is 79.9. The number of halogens is 1. The van der Waals surface area contributed by atoms with Gasteiger partial charge in [0.15, 0.2) is 0 Å². The van der Waals surface area contributed by atoms with Crippen molar-refractivity contribution in [1.82, 2.24) is 9.80 Å². The van der Waals surface area contributed by atoms with E-state index >= 15 is 0 Å². The molecule has 2 fully saturated rings.